The maximum atomic E-state index is 12.3. The van der Waals surface area contributed by atoms with Crippen LogP contribution in [0.25, 0.3) is 0 Å². The Morgan fingerprint density at radius 2 is 1.33 bits per heavy atom. The van der Waals surface area contributed by atoms with Gasteiger partial charge in [0.1, 0.15) is 30.5 Å². The predicted molar refractivity (Wildman–Crippen MR) is 133 cm³/mol. The third-order valence-electron chi connectivity index (χ3n) is 6.64. The number of carbonyl (C=O) groups is 1. The molecule has 1 aliphatic heterocycles. The van der Waals surface area contributed by atoms with Crippen molar-refractivity contribution in [2.45, 2.75) is 140 Å². The standard InChI is InChI=1S/C26H50O10/c1-2-3-4-5-6-7-8-9-10-11-12-13-14-15-22(31)36-25-23(32)21(17-28)35-26(24(25)33)34-18-20(30)19(29)16-27/h19-21,23-30,32-33H,2-18H2,1H3. The molecule has 214 valence electrons. The van der Waals surface area contributed by atoms with Gasteiger partial charge in [-0.15, -0.1) is 0 Å². The summed E-state index contributed by atoms with van der Waals surface area (Å²) in [5, 5.41) is 58.3. The summed E-state index contributed by atoms with van der Waals surface area (Å²) >= 11 is 0. The summed E-state index contributed by atoms with van der Waals surface area (Å²) in [5.41, 5.74) is 0. The highest BCUT2D eigenvalue weighted by Crippen LogP contribution is 2.25. The second-order valence-corrected chi connectivity index (χ2v) is 9.80. The molecule has 6 N–H and O–H groups in total. The van der Waals surface area contributed by atoms with E-state index in [1.54, 1.807) is 0 Å². The van der Waals surface area contributed by atoms with Crippen LogP contribution in [0.2, 0.25) is 0 Å². The highest BCUT2D eigenvalue weighted by Gasteiger charge is 2.47. The van der Waals surface area contributed by atoms with E-state index in [2.05, 4.69) is 6.92 Å². The first-order chi connectivity index (χ1) is 17.3. The molecule has 10 heteroatoms. The number of esters is 1. The summed E-state index contributed by atoms with van der Waals surface area (Å²) in [7, 11) is 0. The number of rotatable bonds is 21. The van der Waals surface area contributed by atoms with E-state index in [0.717, 1.165) is 19.3 Å². The smallest absolute Gasteiger partial charge is 0.306 e. The van der Waals surface area contributed by atoms with Gasteiger partial charge in [0, 0.05) is 6.42 Å². The average Bonchev–Trinajstić information content (AvgIpc) is 2.88. The van der Waals surface area contributed by atoms with Gasteiger partial charge in [-0.25, -0.2) is 0 Å². The second-order valence-electron chi connectivity index (χ2n) is 9.80. The zero-order valence-corrected chi connectivity index (χ0v) is 21.9. The summed E-state index contributed by atoms with van der Waals surface area (Å²) in [5.74, 6) is -0.575. The Bertz CT molecular complexity index is 549. The summed E-state index contributed by atoms with van der Waals surface area (Å²) in [6, 6.07) is 0. The molecular weight excluding hydrogens is 472 g/mol. The van der Waals surface area contributed by atoms with E-state index in [-0.39, 0.29) is 6.42 Å². The molecule has 0 aromatic heterocycles. The van der Waals surface area contributed by atoms with Crippen molar-refractivity contribution in [3.8, 4) is 0 Å². The van der Waals surface area contributed by atoms with Gasteiger partial charge in [-0.1, -0.05) is 84.0 Å². The minimum absolute atomic E-state index is 0.144. The zero-order chi connectivity index (χ0) is 26.8. The monoisotopic (exact) mass is 522 g/mol. The Morgan fingerprint density at radius 1 is 0.806 bits per heavy atom. The molecule has 7 unspecified atom stereocenters. The van der Waals surface area contributed by atoms with E-state index in [4.69, 9.17) is 19.3 Å². The van der Waals surface area contributed by atoms with Crippen LogP contribution in [0.3, 0.4) is 0 Å². The SMILES string of the molecule is CCCCCCCCCCCCCCCC(=O)OC1C(O)C(CO)OC(OCC(O)C(O)CO)C1O. The van der Waals surface area contributed by atoms with Crippen molar-refractivity contribution in [2.24, 2.45) is 0 Å². The molecule has 0 aromatic rings. The summed E-state index contributed by atoms with van der Waals surface area (Å²) in [4.78, 5) is 12.3. The van der Waals surface area contributed by atoms with Crippen LogP contribution >= 0.6 is 0 Å². The van der Waals surface area contributed by atoms with Gasteiger partial charge >= 0.3 is 5.97 Å². The number of ether oxygens (including phenoxy) is 3. The molecule has 0 spiro atoms. The average molecular weight is 523 g/mol. The summed E-state index contributed by atoms with van der Waals surface area (Å²) in [6.07, 6.45) is 5.65. The molecule has 1 fully saturated rings. The van der Waals surface area contributed by atoms with E-state index in [1.165, 1.54) is 57.8 Å². The molecule has 0 aliphatic carbocycles. The van der Waals surface area contributed by atoms with Gasteiger partial charge in [0.05, 0.1) is 19.8 Å². The van der Waals surface area contributed by atoms with Crippen molar-refractivity contribution >= 4 is 5.97 Å². The van der Waals surface area contributed by atoms with Gasteiger partial charge in [0.15, 0.2) is 12.4 Å². The van der Waals surface area contributed by atoms with Gasteiger partial charge in [0.25, 0.3) is 0 Å². The predicted octanol–water partition coefficient (Wildman–Crippen LogP) is 1.55. The lowest BCUT2D eigenvalue weighted by Crippen LogP contribution is -2.60. The Kier molecular flexibility index (Phi) is 18.6. The van der Waals surface area contributed by atoms with Crippen LogP contribution < -0.4 is 0 Å². The van der Waals surface area contributed by atoms with Gasteiger partial charge in [-0.2, -0.15) is 0 Å². The topological polar surface area (TPSA) is 166 Å². The number of hydrogen-bond acceptors (Lipinski definition) is 10. The molecule has 0 amide bonds. The normalized spacial score (nSPS) is 26.0. The number of aliphatic hydroxyl groups is 6. The molecule has 36 heavy (non-hydrogen) atoms. The quantitative estimate of drug-likeness (QED) is 0.0961. The molecule has 7 atom stereocenters. The molecule has 1 saturated heterocycles. The van der Waals surface area contributed by atoms with Gasteiger partial charge < -0.3 is 44.8 Å². The lowest BCUT2D eigenvalue weighted by Gasteiger charge is -2.41. The molecule has 0 bridgehead atoms. The van der Waals surface area contributed by atoms with Crippen LogP contribution in [0.4, 0.5) is 0 Å². The Balaban J connectivity index is 2.26. The maximum Gasteiger partial charge on any atom is 0.306 e. The molecule has 1 heterocycles. The van der Waals surface area contributed by atoms with E-state index in [1.807, 2.05) is 0 Å². The molecular formula is C26H50O10. The minimum Gasteiger partial charge on any atom is -0.456 e. The molecule has 0 aromatic carbocycles. The van der Waals surface area contributed by atoms with E-state index in [0.29, 0.717) is 6.42 Å². The Labute approximate surface area is 215 Å². The third-order valence-corrected chi connectivity index (χ3v) is 6.64. The van der Waals surface area contributed by atoms with E-state index in [9.17, 15) is 30.3 Å². The van der Waals surface area contributed by atoms with Crippen molar-refractivity contribution in [1.29, 1.82) is 0 Å². The number of aliphatic hydroxyl groups excluding tert-OH is 6. The van der Waals surface area contributed by atoms with Crippen LogP contribution in [-0.2, 0) is 19.0 Å². The van der Waals surface area contributed by atoms with Gasteiger partial charge in [0.2, 0.25) is 0 Å². The van der Waals surface area contributed by atoms with Crippen LogP contribution in [-0.4, -0.2) is 99.3 Å². The first kappa shape index (κ1) is 33.2. The number of hydrogen-bond donors (Lipinski definition) is 6. The van der Waals surface area contributed by atoms with Crippen molar-refractivity contribution in [1.82, 2.24) is 0 Å². The maximum absolute atomic E-state index is 12.3. The lowest BCUT2D eigenvalue weighted by molar-refractivity contribution is -0.308. The van der Waals surface area contributed by atoms with Gasteiger partial charge in [-0.3, -0.25) is 4.79 Å². The van der Waals surface area contributed by atoms with Crippen molar-refractivity contribution in [2.75, 3.05) is 19.8 Å². The minimum atomic E-state index is -1.57. The van der Waals surface area contributed by atoms with Gasteiger partial charge in [-0.05, 0) is 6.42 Å². The largest absolute Gasteiger partial charge is 0.456 e. The first-order valence-electron chi connectivity index (χ1n) is 13.8. The molecule has 0 saturated carbocycles. The Morgan fingerprint density at radius 3 is 1.83 bits per heavy atom. The fourth-order valence-electron chi connectivity index (χ4n) is 4.25. The van der Waals surface area contributed by atoms with Crippen LogP contribution in [0.5, 0.6) is 0 Å². The molecule has 1 aliphatic rings. The Hall–Kier alpha value is -0.850. The third kappa shape index (κ3) is 13.1. The summed E-state index contributed by atoms with van der Waals surface area (Å²) in [6.45, 7) is 0.447. The van der Waals surface area contributed by atoms with E-state index >= 15 is 0 Å². The summed E-state index contributed by atoms with van der Waals surface area (Å²) < 4.78 is 15.8. The van der Waals surface area contributed by atoms with Crippen LogP contribution in [0, 0.1) is 0 Å². The lowest BCUT2D eigenvalue weighted by atomic mass is 9.99. The number of unbranched alkanes of at least 4 members (excludes halogenated alkanes) is 12. The fraction of sp³-hybridized carbons (Fsp3) is 0.962. The first-order valence-corrected chi connectivity index (χ1v) is 13.8. The molecule has 10 nitrogen and oxygen atoms in total. The van der Waals surface area contributed by atoms with E-state index < -0.39 is 68.7 Å². The van der Waals surface area contributed by atoms with Crippen molar-refractivity contribution in [3.63, 3.8) is 0 Å². The fourth-order valence-corrected chi connectivity index (χ4v) is 4.25. The van der Waals surface area contributed by atoms with Crippen LogP contribution in [0.15, 0.2) is 0 Å². The van der Waals surface area contributed by atoms with Crippen molar-refractivity contribution in [3.05, 3.63) is 0 Å². The van der Waals surface area contributed by atoms with Crippen LogP contribution in [0.1, 0.15) is 96.8 Å². The zero-order valence-electron chi connectivity index (χ0n) is 21.9. The highest BCUT2D eigenvalue weighted by atomic mass is 16.7. The number of carbonyl (C=O) groups excluding carboxylic acids is 1. The second kappa shape index (κ2) is 20.2. The molecule has 1 rings (SSSR count). The van der Waals surface area contributed by atoms with Crippen molar-refractivity contribution < 1.29 is 49.6 Å². The molecule has 0 radical (unpaired) electrons. The highest BCUT2D eigenvalue weighted by molar-refractivity contribution is 5.69.